The third kappa shape index (κ3) is 4.73. The number of nitrogens with zero attached hydrogens (tertiary/aromatic N) is 5. The van der Waals surface area contributed by atoms with Crippen LogP contribution in [0.3, 0.4) is 0 Å². The van der Waals surface area contributed by atoms with E-state index in [-0.39, 0.29) is 17.8 Å². The first-order valence-corrected chi connectivity index (χ1v) is 12.8. The van der Waals surface area contributed by atoms with Gasteiger partial charge in [0.15, 0.2) is 0 Å². The Morgan fingerprint density at radius 2 is 2.28 bits per heavy atom. The molecule has 0 aliphatic carbocycles. The summed E-state index contributed by atoms with van der Waals surface area (Å²) in [5, 5.41) is 0. The molecular weight excluding hydrogens is 434 g/mol. The molecule has 160 valence electrons. The fraction of sp³-hybridized carbons (Fsp3) is 0.667. The van der Waals surface area contributed by atoms with Crippen molar-refractivity contribution in [2.45, 2.75) is 30.6 Å². The molecule has 2 aliphatic heterocycles. The molecule has 4 heterocycles. The van der Waals surface area contributed by atoms with Crippen LogP contribution in [0, 0.1) is 0 Å². The van der Waals surface area contributed by atoms with Gasteiger partial charge in [-0.3, -0.25) is 9.80 Å². The first-order chi connectivity index (χ1) is 13.8. The van der Waals surface area contributed by atoms with Gasteiger partial charge in [0.05, 0.1) is 29.2 Å². The third-order valence-corrected chi connectivity index (χ3v) is 8.23. The predicted octanol–water partition coefficient (Wildman–Crippen LogP) is 1.94. The SMILES string of the molecule is CN(CC1CCCN1S(C)(=O)=O)C(c1cc2ncncc2s1)N1CCOC(Cl)C1. The molecule has 29 heavy (non-hydrogen) atoms. The number of likely N-dealkylation sites (N-methyl/N-ethyl adjacent to an activating group) is 1. The van der Waals surface area contributed by atoms with Crippen molar-refractivity contribution in [2.24, 2.45) is 0 Å². The quantitative estimate of drug-likeness (QED) is 0.611. The third-order valence-electron chi connectivity index (χ3n) is 5.54. The fourth-order valence-electron chi connectivity index (χ4n) is 4.32. The molecule has 0 spiro atoms. The predicted molar refractivity (Wildman–Crippen MR) is 115 cm³/mol. The van der Waals surface area contributed by atoms with E-state index in [1.165, 1.54) is 6.26 Å². The van der Waals surface area contributed by atoms with Gasteiger partial charge in [0.2, 0.25) is 10.0 Å². The normalized spacial score (nSPS) is 25.8. The maximum absolute atomic E-state index is 12.2. The van der Waals surface area contributed by atoms with E-state index in [0.717, 1.165) is 34.5 Å². The van der Waals surface area contributed by atoms with Gasteiger partial charge in [-0.15, -0.1) is 11.3 Å². The number of morpholine rings is 1. The van der Waals surface area contributed by atoms with Gasteiger partial charge in [-0.05, 0) is 26.0 Å². The largest absolute Gasteiger partial charge is 0.360 e. The number of sulfonamides is 1. The highest BCUT2D eigenvalue weighted by atomic mass is 35.5. The zero-order valence-electron chi connectivity index (χ0n) is 16.6. The fourth-order valence-corrected chi connectivity index (χ4v) is 6.95. The van der Waals surface area contributed by atoms with E-state index in [1.807, 2.05) is 6.20 Å². The van der Waals surface area contributed by atoms with Crippen LogP contribution in [-0.4, -0.2) is 90.2 Å². The van der Waals surface area contributed by atoms with Gasteiger partial charge in [-0.1, -0.05) is 11.6 Å². The van der Waals surface area contributed by atoms with Crippen LogP contribution in [0.15, 0.2) is 18.6 Å². The lowest BCUT2D eigenvalue weighted by Gasteiger charge is -2.41. The number of hydrogen-bond donors (Lipinski definition) is 0. The van der Waals surface area contributed by atoms with E-state index < -0.39 is 10.0 Å². The number of ether oxygens (including phenoxy) is 1. The average molecular weight is 460 g/mol. The summed E-state index contributed by atoms with van der Waals surface area (Å²) in [6.07, 6.45) is 6.44. The number of thiophene rings is 1. The number of rotatable bonds is 6. The lowest BCUT2D eigenvalue weighted by molar-refractivity contribution is -0.0440. The second-order valence-corrected chi connectivity index (χ2v) is 11.2. The smallest absolute Gasteiger partial charge is 0.211 e. The molecule has 3 atom stereocenters. The van der Waals surface area contributed by atoms with Crippen molar-refractivity contribution in [3.63, 3.8) is 0 Å². The zero-order valence-corrected chi connectivity index (χ0v) is 19.0. The minimum absolute atomic E-state index is 0.0143. The van der Waals surface area contributed by atoms with Crippen molar-refractivity contribution in [1.82, 2.24) is 24.1 Å². The Morgan fingerprint density at radius 3 is 3.00 bits per heavy atom. The molecule has 0 bridgehead atoms. The van der Waals surface area contributed by atoms with Gasteiger partial charge >= 0.3 is 0 Å². The summed E-state index contributed by atoms with van der Waals surface area (Å²) in [4.78, 5) is 14.2. The standard InChI is InChI=1S/C18H26ClN5O3S2/c1-22(10-13-4-3-5-24(13)29(2,25)26)18(23-6-7-27-17(19)11-23)15-8-14-16(28-15)9-20-12-21-14/h8-9,12-13,17-18H,3-7,10-11H2,1-2H3. The number of halogens is 1. The molecule has 0 saturated carbocycles. The van der Waals surface area contributed by atoms with E-state index in [2.05, 4.69) is 32.9 Å². The van der Waals surface area contributed by atoms with Gasteiger partial charge < -0.3 is 4.74 Å². The number of hydrogen-bond acceptors (Lipinski definition) is 8. The molecule has 8 nitrogen and oxygen atoms in total. The topological polar surface area (TPSA) is 78.9 Å². The van der Waals surface area contributed by atoms with Crippen molar-refractivity contribution in [3.05, 3.63) is 23.5 Å². The Labute approximate surface area is 180 Å². The first-order valence-electron chi connectivity index (χ1n) is 9.69. The molecular formula is C18H26ClN5O3S2. The highest BCUT2D eigenvalue weighted by Crippen LogP contribution is 2.35. The summed E-state index contributed by atoms with van der Waals surface area (Å²) in [5.41, 5.74) is 0.570. The van der Waals surface area contributed by atoms with Crippen LogP contribution < -0.4 is 0 Å². The van der Waals surface area contributed by atoms with Crippen molar-refractivity contribution in [1.29, 1.82) is 0 Å². The summed E-state index contributed by atoms with van der Waals surface area (Å²) in [7, 11) is -1.15. The van der Waals surface area contributed by atoms with E-state index >= 15 is 0 Å². The Bertz CT molecular complexity index is 923. The van der Waals surface area contributed by atoms with Crippen molar-refractivity contribution in [3.8, 4) is 0 Å². The van der Waals surface area contributed by atoms with Gasteiger partial charge in [-0.2, -0.15) is 4.31 Å². The molecule has 0 aromatic carbocycles. The van der Waals surface area contributed by atoms with E-state index in [9.17, 15) is 8.42 Å². The van der Waals surface area contributed by atoms with Crippen LogP contribution in [0.2, 0.25) is 0 Å². The lowest BCUT2D eigenvalue weighted by Crippen LogP contribution is -2.50. The highest BCUT2D eigenvalue weighted by Gasteiger charge is 2.36. The van der Waals surface area contributed by atoms with Crippen LogP contribution in [0.5, 0.6) is 0 Å². The van der Waals surface area contributed by atoms with Crippen LogP contribution in [0.4, 0.5) is 0 Å². The summed E-state index contributed by atoms with van der Waals surface area (Å²) in [6, 6.07) is 2.09. The molecule has 3 unspecified atom stereocenters. The molecule has 2 fully saturated rings. The molecule has 2 aromatic heterocycles. The van der Waals surface area contributed by atoms with E-state index in [1.54, 1.807) is 22.0 Å². The average Bonchev–Trinajstić information content (AvgIpc) is 3.28. The molecule has 0 amide bonds. The zero-order chi connectivity index (χ0) is 20.6. The molecule has 2 aliphatic rings. The molecule has 2 aromatic rings. The molecule has 4 rings (SSSR count). The highest BCUT2D eigenvalue weighted by molar-refractivity contribution is 7.88. The summed E-state index contributed by atoms with van der Waals surface area (Å²) in [5.74, 6) is 0. The van der Waals surface area contributed by atoms with E-state index in [0.29, 0.717) is 26.2 Å². The minimum atomic E-state index is -3.21. The Hall–Kier alpha value is -0.880. The number of alkyl halides is 1. The Kier molecular flexibility index (Phi) is 6.41. The maximum Gasteiger partial charge on any atom is 0.211 e. The number of aromatic nitrogens is 2. The lowest BCUT2D eigenvalue weighted by atomic mass is 10.2. The van der Waals surface area contributed by atoms with Crippen LogP contribution in [0.1, 0.15) is 23.9 Å². The Morgan fingerprint density at radius 1 is 1.45 bits per heavy atom. The van der Waals surface area contributed by atoms with Gasteiger partial charge in [0.1, 0.15) is 11.9 Å². The van der Waals surface area contributed by atoms with Crippen molar-refractivity contribution < 1.29 is 13.2 Å². The van der Waals surface area contributed by atoms with Crippen molar-refractivity contribution >= 4 is 43.2 Å². The van der Waals surface area contributed by atoms with Gasteiger partial charge in [0.25, 0.3) is 0 Å². The minimum Gasteiger partial charge on any atom is -0.360 e. The summed E-state index contributed by atoms with van der Waals surface area (Å²) in [6.45, 7) is 3.20. The second kappa shape index (κ2) is 8.70. The molecule has 0 N–H and O–H groups in total. The molecule has 2 saturated heterocycles. The number of fused-ring (bicyclic) bond motifs is 1. The Balaban J connectivity index is 1.62. The molecule has 11 heteroatoms. The van der Waals surface area contributed by atoms with E-state index in [4.69, 9.17) is 16.3 Å². The van der Waals surface area contributed by atoms with Gasteiger partial charge in [0, 0.05) is 43.3 Å². The monoisotopic (exact) mass is 459 g/mol. The van der Waals surface area contributed by atoms with Crippen molar-refractivity contribution in [2.75, 3.05) is 46.1 Å². The van der Waals surface area contributed by atoms with Crippen LogP contribution in [-0.2, 0) is 14.8 Å². The summed E-state index contributed by atoms with van der Waals surface area (Å²) >= 11 is 7.96. The maximum atomic E-state index is 12.2. The second-order valence-electron chi connectivity index (χ2n) is 7.68. The molecule has 0 radical (unpaired) electrons. The van der Waals surface area contributed by atoms with Crippen LogP contribution >= 0.6 is 22.9 Å². The summed E-state index contributed by atoms with van der Waals surface area (Å²) < 4.78 is 32.6. The van der Waals surface area contributed by atoms with Gasteiger partial charge in [-0.25, -0.2) is 18.4 Å². The first kappa shape index (κ1) is 21.4. The van der Waals surface area contributed by atoms with Crippen LogP contribution in [0.25, 0.3) is 10.2 Å².